The fourth-order valence-corrected chi connectivity index (χ4v) is 1.40. The summed E-state index contributed by atoms with van der Waals surface area (Å²) in [4.78, 5) is 13.3. The third-order valence-corrected chi connectivity index (χ3v) is 1.95. The van der Waals surface area contributed by atoms with Gasteiger partial charge in [0.2, 0.25) is 0 Å². The summed E-state index contributed by atoms with van der Waals surface area (Å²) in [5.74, 6) is 0.542. The first-order chi connectivity index (χ1) is 5.20. The zero-order valence-electron chi connectivity index (χ0n) is 7.21. The van der Waals surface area contributed by atoms with Gasteiger partial charge in [0.1, 0.15) is 0 Å². The van der Waals surface area contributed by atoms with Crippen molar-refractivity contribution in [3.05, 3.63) is 12.2 Å². The molecule has 0 bridgehead atoms. The van der Waals surface area contributed by atoms with E-state index in [2.05, 4.69) is 4.90 Å². The van der Waals surface area contributed by atoms with E-state index < -0.39 is 0 Å². The van der Waals surface area contributed by atoms with Gasteiger partial charge in [-0.1, -0.05) is 6.08 Å². The fraction of sp³-hybridized carbons (Fsp3) is 0.667. The van der Waals surface area contributed by atoms with Crippen LogP contribution in [-0.2, 0) is 4.79 Å². The lowest BCUT2D eigenvalue weighted by atomic mass is 9.93. The minimum Gasteiger partial charge on any atom is -0.309 e. The van der Waals surface area contributed by atoms with E-state index in [0.29, 0.717) is 5.78 Å². The van der Waals surface area contributed by atoms with E-state index in [1.54, 1.807) is 6.08 Å². The van der Waals surface area contributed by atoms with E-state index >= 15 is 0 Å². The van der Waals surface area contributed by atoms with Crippen LogP contribution in [0.3, 0.4) is 0 Å². The van der Waals surface area contributed by atoms with Crippen LogP contribution in [0.1, 0.15) is 12.8 Å². The van der Waals surface area contributed by atoms with Gasteiger partial charge in [0.15, 0.2) is 5.78 Å². The van der Waals surface area contributed by atoms with Crippen molar-refractivity contribution in [3.8, 4) is 0 Å². The molecule has 0 fully saturated rings. The second kappa shape index (κ2) is 3.67. The number of carbonyl (C=O) groups excluding carboxylic acids is 1. The summed E-state index contributed by atoms with van der Waals surface area (Å²) in [6, 6.07) is 0. The molecule has 0 amide bonds. The number of hydrogen-bond donors (Lipinski definition) is 0. The second-order valence-corrected chi connectivity index (χ2v) is 3.34. The van der Waals surface area contributed by atoms with Gasteiger partial charge in [-0.25, -0.2) is 0 Å². The molecule has 0 N–H and O–H groups in total. The molecule has 0 radical (unpaired) electrons. The van der Waals surface area contributed by atoms with Crippen LogP contribution in [-0.4, -0.2) is 31.3 Å². The summed E-state index contributed by atoms with van der Waals surface area (Å²) >= 11 is 0. The molecule has 0 spiro atoms. The van der Waals surface area contributed by atoms with Crippen molar-refractivity contribution in [1.29, 1.82) is 0 Å². The van der Waals surface area contributed by atoms with Crippen molar-refractivity contribution < 1.29 is 4.79 Å². The topological polar surface area (TPSA) is 20.3 Å². The minimum absolute atomic E-state index is 0.245. The Bertz CT molecular complexity index is 172. The van der Waals surface area contributed by atoms with Crippen molar-refractivity contribution in [3.63, 3.8) is 0 Å². The second-order valence-electron chi connectivity index (χ2n) is 3.34. The van der Waals surface area contributed by atoms with E-state index in [-0.39, 0.29) is 5.92 Å². The minimum atomic E-state index is 0.245. The summed E-state index contributed by atoms with van der Waals surface area (Å²) in [6.45, 7) is 0.892. The van der Waals surface area contributed by atoms with Gasteiger partial charge < -0.3 is 4.90 Å². The lowest BCUT2D eigenvalue weighted by Gasteiger charge is -2.20. The number of nitrogens with zero attached hydrogens (tertiary/aromatic N) is 1. The molecular formula is C9H15NO. The number of hydrogen-bond acceptors (Lipinski definition) is 2. The molecule has 0 aromatic heterocycles. The number of ketones is 1. The zero-order chi connectivity index (χ0) is 8.27. The molecule has 0 saturated heterocycles. The zero-order valence-corrected chi connectivity index (χ0v) is 7.21. The maximum Gasteiger partial charge on any atom is 0.159 e. The summed E-state index contributed by atoms with van der Waals surface area (Å²) in [6.07, 6.45) is 5.77. The number of carbonyl (C=O) groups is 1. The Kier molecular flexibility index (Phi) is 2.83. The molecule has 0 aromatic rings. The van der Waals surface area contributed by atoms with Crippen LogP contribution in [0.4, 0.5) is 0 Å². The van der Waals surface area contributed by atoms with Crippen LogP contribution in [0.2, 0.25) is 0 Å². The molecule has 0 saturated carbocycles. The first kappa shape index (κ1) is 8.47. The van der Waals surface area contributed by atoms with Crippen molar-refractivity contribution in [2.45, 2.75) is 12.8 Å². The molecule has 2 heteroatoms. The van der Waals surface area contributed by atoms with Gasteiger partial charge in [0, 0.05) is 12.5 Å². The molecule has 1 unspecified atom stereocenters. The van der Waals surface area contributed by atoms with Gasteiger partial charge >= 0.3 is 0 Å². The van der Waals surface area contributed by atoms with Gasteiger partial charge in [-0.2, -0.15) is 0 Å². The maximum absolute atomic E-state index is 11.2. The molecule has 1 atom stereocenters. The first-order valence-electron chi connectivity index (χ1n) is 4.05. The van der Waals surface area contributed by atoms with Crippen molar-refractivity contribution in [2.75, 3.05) is 20.6 Å². The van der Waals surface area contributed by atoms with Gasteiger partial charge in [-0.05, 0) is 33.0 Å². The average Bonchev–Trinajstić information content (AvgIpc) is 1.93. The standard InChI is InChI=1S/C9H15NO/c1-10(2)7-8-5-3-4-6-9(8)11/h4,6,8H,3,5,7H2,1-2H3. The smallest absolute Gasteiger partial charge is 0.159 e. The van der Waals surface area contributed by atoms with Crippen LogP contribution in [0.5, 0.6) is 0 Å². The largest absolute Gasteiger partial charge is 0.309 e. The van der Waals surface area contributed by atoms with Crippen LogP contribution < -0.4 is 0 Å². The molecule has 1 rings (SSSR count). The van der Waals surface area contributed by atoms with Crippen LogP contribution in [0.15, 0.2) is 12.2 Å². The molecule has 62 valence electrons. The fourth-order valence-electron chi connectivity index (χ4n) is 1.40. The normalized spacial score (nSPS) is 24.6. The van der Waals surface area contributed by atoms with Gasteiger partial charge in [0.25, 0.3) is 0 Å². The van der Waals surface area contributed by atoms with Crippen LogP contribution in [0, 0.1) is 5.92 Å². The molecule has 0 aliphatic heterocycles. The molecular weight excluding hydrogens is 138 g/mol. The molecule has 0 heterocycles. The Hall–Kier alpha value is -0.630. The third-order valence-electron chi connectivity index (χ3n) is 1.95. The van der Waals surface area contributed by atoms with Gasteiger partial charge in [-0.3, -0.25) is 4.79 Å². The van der Waals surface area contributed by atoms with E-state index in [1.807, 2.05) is 20.2 Å². The SMILES string of the molecule is CN(C)CC1CCC=CC1=O. The highest BCUT2D eigenvalue weighted by molar-refractivity contribution is 5.92. The van der Waals surface area contributed by atoms with E-state index in [9.17, 15) is 4.79 Å². The predicted molar refractivity (Wildman–Crippen MR) is 45.4 cm³/mol. The summed E-state index contributed by atoms with van der Waals surface area (Å²) in [5, 5.41) is 0. The third kappa shape index (κ3) is 2.46. The molecule has 11 heavy (non-hydrogen) atoms. The Labute approximate surface area is 67.9 Å². The molecule has 1 aliphatic carbocycles. The van der Waals surface area contributed by atoms with Crippen molar-refractivity contribution in [1.82, 2.24) is 4.90 Å². The van der Waals surface area contributed by atoms with Crippen molar-refractivity contribution >= 4 is 5.78 Å². The van der Waals surface area contributed by atoms with E-state index in [1.165, 1.54) is 0 Å². The van der Waals surface area contributed by atoms with Gasteiger partial charge in [0.05, 0.1) is 0 Å². The lowest BCUT2D eigenvalue weighted by molar-refractivity contribution is -0.119. The van der Waals surface area contributed by atoms with Crippen LogP contribution >= 0.6 is 0 Å². The van der Waals surface area contributed by atoms with E-state index in [4.69, 9.17) is 0 Å². The Balaban J connectivity index is 2.45. The lowest BCUT2D eigenvalue weighted by Crippen LogP contribution is -2.28. The maximum atomic E-state index is 11.2. The summed E-state index contributed by atoms with van der Waals surface area (Å²) < 4.78 is 0. The molecule has 1 aliphatic rings. The Morgan fingerprint density at radius 2 is 2.36 bits per heavy atom. The van der Waals surface area contributed by atoms with E-state index in [0.717, 1.165) is 19.4 Å². The first-order valence-corrected chi connectivity index (χ1v) is 4.05. The average molecular weight is 153 g/mol. The van der Waals surface area contributed by atoms with Crippen molar-refractivity contribution in [2.24, 2.45) is 5.92 Å². The summed E-state index contributed by atoms with van der Waals surface area (Å²) in [7, 11) is 4.01. The van der Waals surface area contributed by atoms with Crippen LogP contribution in [0.25, 0.3) is 0 Å². The highest BCUT2D eigenvalue weighted by atomic mass is 16.1. The highest BCUT2D eigenvalue weighted by Crippen LogP contribution is 2.15. The van der Waals surface area contributed by atoms with Gasteiger partial charge in [-0.15, -0.1) is 0 Å². The Morgan fingerprint density at radius 3 is 2.91 bits per heavy atom. The quantitative estimate of drug-likeness (QED) is 0.591. The predicted octanol–water partition coefficient (Wildman–Crippen LogP) is 1.08. The number of allylic oxidation sites excluding steroid dienone is 2. The summed E-state index contributed by atoms with van der Waals surface area (Å²) in [5.41, 5.74) is 0. The highest BCUT2D eigenvalue weighted by Gasteiger charge is 2.18. The monoisotopic (exact) mass is 153 g/mol. The number of rotatable bonds is 2. The Morgan fingerprint density at radius 1 is 1.64 bits per heavy atom. The molecule has 2 nitrogen and oxygen atoms in total. The molecule has 0 aromatic carbocycles.